The molecule has 23 heavy (non-hydrogen) atoms. The zero-order chi connectivity index (χ0) is 16.4. The van der Waals surface area contributed by atoms with Gasteiger partial charge in [0.15, 0.2) is 0 Å². The van der Waals surface area contributed by atoms with Gasteiger partial charge in [-0.25, -0.2) is 17.8 Å². The van der Waals surface area contributed by atoms with Crippen LogP contribution in [0, 0.1) is 6.92 Å². The molecule has 3 aromatic rings. The third kappa shape index (κ3) is 3.30. The lowest BCUT2D eigenvalue weighted by Crippen LogP contribution is -2.26. The van der Waals surface area contributed by atoms with Gasteiger partial charge >= 0.3 is 0 Å². The second-order valence-corrected chi connectivity index (χ2v) is 6.76. The molecule has 8 nitrogen and oxygen atoms in total. The van der Waals surface area contributed by atoms with E-state index in [0.717, 1.165) is 5.76 Å². The minimum atomic E-state index is -3.70. The van der Waals surface area contributed by atoms with Crippen molar-refractivity contribution in [2.75, 3.05) is 0 Å². The van der Waals surface area contributed by atoms with E-state index in [1.165, 1.54) is 23.1 Å². The van der Waals surface area contributed by atoms with Gasteiger partial charge in [-0.1, -0.05) is 6.07 Å². The van der Waals surface area contributed by atoms with Crippen molar-refractivity contribution in [2.24, 2.45) is 0 Å². The number of furan rings is 1. The van der Waals surface area contributed by atoms with Crippen molar-refractivity contribution in [3.63, 3.8) is 0 Å². The summed E-state index contributed by atoms with van der Waals surface area (Å²) in [5.74, 6) is 1.29. The zero-order valence-corrected chi connectivity index (χ0v) is 13.4. The molecule has 1 aromatic carbocycles. The second-order valence-electron chi connectivity index (χ2n) is 5.04. The van der Waals surface area contributed by atoms with Gasteiger partial charge in [0.1, 0.15) is 17.8 Å². The van der Waals surface area contributed by atoms with Crippen molar-refractivity contribution < 1.29 is 12.8 Å². The number of aryl methyl sites for hydroxylation is 1. The number of hydrogen-bond donors (Lipinski definition) is 1. The smallest absolute Gasteiger partial charge is 0.241 e. The van der Waals surface area contributed by atoms with Gasteiger partial charge in [0.05, 0.1) is 16.6 Å². The van der Waals surface area contributed by atoms with Crippen molar-refractivity contribution in [1.82, 2.24) is 24.9 Å². The van der Waals surface area contributed by atoms with Gasteiger partial charge in [0, 0.05) is 0 Å². The van der Waals surface area contributed by atoms with E-state index in [0.29, 0.717) is 11.4 Å². The standard InChI is InChI=1S/C14H15N5O3S/c1-10-6-7-14(22-10)11(2)16-23(20,21)13-5-3-4-12(8-13)19-9-15-17-18-19/h3-9,11,16H,1-2H3/t11-/m0/s1. The number of tetrazole rings is 1. The molecule has 0 aliphatic heterocycles. The summed E-state index contributed by atoms with van der Waals surface area (Å²) in [6.07, 6.45) is 1.40. The number of nitrogens with zero attached hydrogens (tertiary/aromatic N) is 4. The molecule has 0 unspecified atom stereocenters. The Balaban J connectivity index is 1.86. The lowest BCUT2D eigenvalue weighted by molar-refractivity contribution is 0.441. The molecule has 1 atom stereocenters. The maximum Gasteiger partial charge on any atom is 0.241 e. The Kier molecular flexibility index (Phi) is 3.97. The summed E-state index contributed by atoms with van der Waals surface area (Å²) in [5, 5.41) is 10.8. The molecule has 3 rings (SSSR count). The highest BCUT2D eigenvalue weighted by atomic mass is 32.2. The fraction of sp³-hybridized carbons (Fsp3) is 0.214. The first-order valence-electron chi connectivity index (χ1n) is 6.88. The molecule has 120 valence electrons. The Bertz CT molecular complexity index is 902. The molecule has 0 amide bonds. The first-order chi connectivity index (χ1) is 11.0. The largest absolute Gasteiger partial charge is 0.465 e. The highest BCUT2D eigenvalue weighted by molar-refractivity contribution is 7.89. The van der Waals surface area contributed by atoms with Crippen LogP contribution in [0.25, 0.3) is 5.69 Å². The topological polar surface area (TPSA) is 103 Å². The molecule has 2 aromatic heterocycles. The number of hydrogen-bond acceptors (Lipinski definition) is 6. The Morgan fingerprint density at radius 2 is 2.09 bits per heavy atom. The van der Waals surface area contributed by atoms with Crippen molar-refractivity contribution in [3.8, 4) is 5.69 Å². The van der Waals surface area contributed by atoms with Crippen LogP contribution in [-0.2, 0) is 10.0 Å². The molecule has 0 fully saturated rings. The molecule has 0 radical (unpaired) electrons. The summed E-state index contributed by atoms with van der Waals surface area (Å²) < 4.78 is 34.5. The average molecular weight is 333 g/mol. The van der Waals surface area contributed by atoms with Gasteiger partial charge in [-0.3, -0.25) is 0 Å². The number of nitrogens with one attached hydrogen (secondary N) is 1. The SMILES string of the molecule is Cc1ccc([C@H](C)NS(=O)(=O)c2cccc(-n3cnnn3)c2)o1. The highest BCUT2D eigenvalue weighted by Gasteiger charge is 2.20. The van der Waals surface area contributed by atoms with Crippen LogP contribution in [0.2, 0.25) is 0 Å². The predicted octanol–water partition coefficient (Wildman–Crippen LogP) is 1.60. The summed E-state index contributed by atoms with van der Waals surface area (Å²) >= 11 is 0. The van der Waals surface area contributed by atoms with E-state index >= 15 is 0 Å². The zero-order valence-electron chi connectivity index (χ0n) is 12.5. The monoisotopic (exact) mass is 333 g/mol. The molecular formula is C14H15N5O3S. The summed E-state index contributed by atoms with van der Waals surface area (Å²) in [6.45, 7) is 3.53. The molecule has 0 spiro atoms. The summed E-state index contributed by atoms with van der Waals surface area (Å²) in [5.41, 5.74) is 0.555. The molecule has 0 bridgehead atoms. The number of sulfonamides is 1. The first-order valence-corrected chi connectivity index (χ1v) is 8.36. The quantitative estimate of drug-likeness (QED) is 0.761. The highest BCUT2D eigenvalue weighted by Crippen LogP contribution is 2.20. The van der Waals surface area contributed by atoms with Crippen LogP contribution >= 0.6 is 0 Å². The van der Waals surface area contributed by atoms with Crippen LogP contribution in [0.1, 0.15) is 24.5 Å². The molecule has 0 aliphatic carbocycles. The van der Waals surface area contributed by atoms with Gasteiger partial charge in [-0.05, 0) is 54.6 Å². The van der Waals surface area contributed by atoms with E-state index in [2.05, 4.69) is 20.2 Å². The molecular weight excluding hydrogens is 318 g/mol. The van der Waals surface area contributed by atoms with Gasteiger partial charge in [-0.2, -0.15) is 0 Å². The van der Waals surface area contributed by atoms with Crippen molar-refractivity contribution in [2.45, 2.75) is 24.8 Å². The van der Waals surface area contributed by atoms with Crippen molar-refractivity contribution in [1.29, 1.82) is 0 Å². The van der Waals surface area contributed by atoms with Crippen LogP contribution in [0.4, 0.5) is 0 Å². The average Bonchev–Trinajstić information content (AvgIpc) is 3.18. The van der Waals surface area contributed by atoms with E-state index in [4.69, 9.17) is 4.42 Å². The lowest BCUT2D eigenvalue weighted by Gasteiger charge is -2.12. The molecule has 0 saturated heterocycles. The third-order valence-electron chi connectivity index (χ3n) is 3.26. The Morgan fingerprint density at radius 3 is 2.74 bits per heavy atom. The van der Waals surface area contributed by atoms with Crippen molar-refractivity contribution in [3.05, 3.63) is 54.2 Å². The fourth-order valence-electron chi connectivity index (χ4n) is 2.12. The number of aromatic nitrogens is 4. The number of rotatable bonds is 5. The molecule has 1 N–H and O–H groups in total. The van der Waals surface area contributed by atoms with E-state index in [9.17, 15) is 8.42 Å². The van der Waals surface area contributed by atoms with Crippen LogP contribution in [0.15, 0.2) is 52.0 Å². The number of benzene rings is 1. The maximum atomic E-state index is 12.5. The van der Waals surface area contributed by atoms with Gasteiger partial charge < -0.3 is 4.42 Å². The summed E-state index contributed by atoms with van der Waals surface area (Å²) in [4.78, 5) is 0.126. The Labute approximate surface area is 133 Å². The van der Waals surface area contributed by atoms with Gasteiger partial charge in [0.2, 0.25) is 10.0 Å². The second kappa shape index (κ2) is 5.94. The predicted molar refractivity (Wildman–Crippen MR) is 81.3 cm³/mol. The maximum absolute atomic E-state index is 12.5. The van der Waals surface area contributed by atoms with Crippen LogP contribution < -0.4 is 4.72 Å². The van der Waals surface area contributed by atoms with Crippen LogP contribution in [0.3, 0.4) is 0 Å². The summed E-state index contributed by atoms with van der Waals surface area (Å²) in [6, 6.07) is 9.42. The van der Waals surface area contributed by atoms with Crippen molar-refractivity contribution >= 4 is 10.0 Å². The lowest BCUT2D eigenvalue weighted by atomic mass is 10.3. The van der Waals surface area contributed by atoms with E-state index < -0.39 is 16.1 Å². The fourth-order valence-corrected chi connectivity index (χ4v) is 3.37. The Hall–Kier alpha value is -2.52. The Morgan fingerprint density at radius 1 is 1.26 bits per heavy atom. The van der Waals surface area contributed by atoms with Gasteiger partial charge in [0.25, 0.3) is 0 Å². The first kappa shape index (κ1) is 15.4. The van der Waals surface area contributed by atoms with E-state index in [1.54, 1.807) is 38.1 Å². The molecule has 0 aliphatic rings. The minimum absolute atomic E-state index is 0.126. The van der Waals surface area contributed by atoms with Crippen LogP contribution in [-0.4, -0.2) is 28.6 Å². The molecule has 0 saturated carbocycles. The van der Waals surface area contributed by atoms with Gasteiger partial charge in [-0.15, -0.1) is 5.10 Å². The normalized spacial score (nSPS) is 13.1. The van der Waals surface area contributed by atoms with Crippen LogP contribution in [0.5, 0.6) is 0 Å². The van der Waals surface area contributed by atoms with E-state index in [1.807, 2.05) is 0 Å². The minimum Gasteiger partial charge on any atom is -0.465 e. The summed E-state index contributed by atoms with van der Waals surface area (Å²) in [7, 11) is -3.70. The molecule has 2 heterocycles. The third-order valence-corrected chi connectivity index (χ3v) is 4.80. The molecule has 9 heteroatoms. The van der Waals surface area contributed by atoms with E-state index in [-0.39, 0.29) is 4.90 Å².